The van der Waals surface area contributed by atoms with E-state index >= 15 is 0 Å². The van der Waals surface area contributed by atoms with Crippen molar-refractivity contribution >= 4 is 17.9 Å². The molecule has 0 aromatic carbocycles. The van der Waals surface area contributed by atoms with Crippen molar-refractivity contribution in [3.63, 3.8) is 0 Å². The smallest absolute Gasteiger partial charge is 0.305 e. The second-order valence-electron chi connectivity index (χ2n) is 6.39. The van der Waals surface area contributed by atoms with Crippen molar-refractivity contribution < 1.29 is 39.5 Å². The van der Waals surface area contributed by atoms with E-state index in [0.717, 1.165) is 12.8 Å². The molecule has 27 heavy (non-hydrogen) atoms. The molecule has 1 unspecified atom stereocenters. The normalized spacial score (nSPS) is 11.2. The molecular weight excluding hydrogens is 356 g/mol. The van der Waals surface area contributed by atoms with Gasteiger partial charge in [-0.15, -0.1) is 0 Å². The average Bonchev–Trinajstić information content (AvgIpc) is 2.63. The molecule has 0 bridgehead atoms. The van der Waals surface area contributed by atoms with Gasteiger partial charge < -0.3 is 25.2 Å². The Kier molecular flexibility index (Phi) is 21.1. The number of aliphatic carboxylic acids is 2. The summed E-state index contributed by atoms with van der Waals surface area (Å²) in [5.74, 6) is -2.43. The van der Waals surface area contributed by atoms with E-state index in [2.05, 4.69) is 6.92 Å². The van der Waals surface area contributed by atoms with Gasteiger partial charge in [0.1, 0.15) is 12.7 Å². The van der Waals surface area contributed by atoms with E-state index in [1.54, 1.807) is 0 Å². The van der Waals surface area contributed by atoms with Crippen LogP contribution >= 0.6 is 0 Å². The van der Waals surface area contributed by atoms with Crippen LogP contribution in [0.2, 0.25) is 0 Å². The summed E-state index contributed by atoms with van der Waals surface area (Å²) in [6.07, 6.45) is 9.80. The predicted molar refractivity (Wildman–Crippen MR) is 100 cm³/mol. The Labute approximate surface area is 161 Å². The largest absolute Gasteiger partial charge is 0.481 e. The maximum absolute atomic E-state index is 11.3. The van der Waals surface area contributed by atoms with Gasteiger partial charge in [-0.05, 0) is 6.42 Å². The highest BCUT2D eigenvalue weighted by Gasteiger charge is 2.07. The summed E-state index contributed by atoms with van der Waals surface area (Å²) >= 11 is 0. The third kappa shape index (κ3) is 26.7. The summed E-state index contributed by atoms with van der Waals surface area (Å²) < 4.78 is 4.82. The van der Waals surface area contributed by atoms with Crippen LogP contribution in [0.5, 0.6) is 0 Å². The van der Waals surface area contributed by atoms with E-state index in [4.69, 9.17) is 25.2 Å². The van der Waals surface area contributed by atoms with Crippen molar-refractivity contribution in [2.24, 2.45) is 0 Å². The highest BCUT2D eigenvalue weighted by Crippen LogP contribution is 2.10. The van der Waals surface area contributed by atoms with E-state index in [1.807, 2.05) is 0 Å². The number of carboxylic acids is 2. The Hall–Kier alpha value is -1.67. The lowest BCUT2D eigenvalue weighted by Crippen LogP contribution is -2.21. The maximum Gasteiger partial charge on any atom is 0.305 e. The second-order valence-corrected chi connectivity index (χ2v) is 6.39. The van der Waals surface area contributed by atoms with Gasteiger partial charge in [0.05, 0.1) is 19.4 Å². The number of hydrogen-bond acceptors (Lipinski definition) is 6. The molecule has 0 amide bonds. The lowest BCUT2D eigenvalue weighted by atomic mass is 10.1. The number of carbonyl (C=O) groups is 3. The average molecular weight is 392 g/mol. The Bertz CT molecular complexity index is 370. The Morgan fingerprint density at radius 2 is 1.22 bits per heavy atom. The van der Waals surface area contributed by atoms with Gasteiger partial charge in [0, 0.05) is 6.42 Å². The van der Waals surface area contributed by atoms with Crippen LogP contribution in [0.25, 0.3) is 0 Å². The molecule has 0 aliphatic rings. The summed E-state index contributed by atoms with van der Waals surface area (Å²) in [6, 6.07) is 0. The number of carboxylic acid groups (broad SMARTS) is 2. The lowest BCUT2D eigenvalue weighted by Gasteiger charge is -2.08. The number of ether oxygens (including phenoxy) is 1. The van der Waals surface area contributed by atoms with Crippen LogP contribution in [0.15, 0.2) is 0 Å². The van der Waals surface area contributed by atoms with E-state index < -0.39 is 18.0 Å². The number of hydrogen-bond donors (Lipinski definition) is 4. The minimum absolute atomic E-state index is 0.104. The Balaban J connectivity index is 0. The van der Waals surface area contributed by atoms with Gasteiger partial charge >= 0.3 is 17.9 Å². The molecule has 0 aromatic heterocycles. The van der Waals surface area contributed by atoms with Crippen molar-refractivity contribution in [1.82, 2.24) is 0 Å². The van der Waals surface area contributed by atoms with Crippen LogP contribution in [0.3, 0.4) is 0 Å². The molecule has 0 spiro atoms. The summed E-state index contributed by atoms with van der Waals surface area (Å²) in [6.45, 7) is 1.75. The monoisotopic (exact) mass is 392 g/mol. The van der Waals surface area contributed by atoms with Crippen molar-refractivity contribution in [3.05, 3.63) is 0 Å². The second kappa shape index (κ2) is 20.6. The Morgan fingerprint density at radius 3 is 1.63 bits per heavy atom. The van der Waals surface area contributed by atoms with Crippen LogP contribution in [0.1, 0.15) is 84.0 Å². The van der Waals surface area contributed by atoms with E-state index in [1.165, 1.54) is 44.9 Å². The summed E-state index contributed by atoms with van der Waals surface area (Å²) in [5, 5.41) is 33.4. The zero-order valence-corrected chi connectivity index (χ0v) is 16.4. The van der Waals surface area contributed by atoms with Gasteiger partial charge in [-0.25, -0.2) is 0 Å². The van der Waals surface area contributed by atoms with Crippen molar-refractivity contribution in [1.29, 1.82) is 0 Å². The summed E-state index contributed by atoms with van der Waals surface area (Å²) in [4.78, 5) is 30.5. The van der Waals surface area contributed by atoms with Crippen LogP contribution in [0, 0.1) is 0 Å². The van der Waals surface area contributed by atoms with Crippen molar-refractivity contribution in [2.45, 2.75) is 90.1 Å². The van der Waals surface area contributed by atoms with E-state index in [-0.39, 0.29) is 32.0 Å². The number of rotatable bonds is 16. The number of carbonyl (C=O) groups excluding carboxylic acids is 1. The molecule has 0 fully saturated rings. The number of aliphatic hydroxyl groups is 2. The first-order valence-corrected chi connectivity index (χ1v) is 9.71. The summed E-state index contributed by atoms with van der Waals surface area (Å²) in [7, 11) is 0. The minimum Gasteiger partial charge on any atom is -0.481 e. The molecule has 8 nitrogen and oxygen atoms in total. The highest BCUT2D eigenvalue weighted by molar-refractivity contribution is 5.75. The first-order valence-electron chi connectivity index (χ1n) is 9.71. The standard InChI is InChI=1S/C15H30O4.C4H6O4/c1-2-3-4-5-6-7-8-9-10-11-15(18)19-13-14(17)12-16;5-3(6)1-2-4(7)8/h14,16-17H,2-13H2,1H3;1-2H2,(H,5,6)(H,7,8). The van der Waals surface area contributed by atoms with Gasteiger partial charge in [0.25, 0.3) is 0 Å². The third-order valence-corrected chi connectivity index (χ3v) is 3.68. The molecule has 0 radical (unpaired) electrons. The quantitative estimate of drug-likeness (QED) is 0.232. The van der Waals surface area contributed by atoms with E-state index in [9.17, 15) is 14.4 Å². The van der Waals surface area contributed by atoms with Crippen LogP contribution < -0.4 is 0 Å². The fraction of sp³-hybridized carbons (Fsp3) is 0.842. The highest BCUT2D eigenvalue weighted by atomic mass is 16.5. The first-order chi connectivity index (χ1) is 12.8. The zero-order valence-electron chi connectivity index (χ0n) is 16.4. The number of aliphatic hydroxyl groups excluding tert-OH is 2. The Morgan fingerprint density at radius 1 is 0.778 bits per heavy atom. The van der Waals surface area contributed by atoms with Gasteiger partial charge in [-0.2, -0.15) is 0 Å². The van der Waals surface area contributed by atoms with Gasteiger partial charge in [0.15, 0.2) is 0 Å². The first kappa shape index (κ1) is 27.5. The van der Waals surface area contributed by atoms with Crippen LogP contribution in [0.4, 0.5) is 0 Å². The molecule has 4 N–H and O–H groups in total. The van der Waals surface area contributed by atoms with Crippen LogP contribution in [-0.2, 0) is 19.1 Å². The fourth-order valence-corrected chi connectivity index (χ4v) is 2.11. The number of unbranched alkanes of at least 4 members (excludes halogenated alkanes) is 8. The SMILES string of the molecule is CCCCCCCCCCCC(=O)OCC(O)CO.O=C(O)CCC(=O)O. The molecule has 8 heteroatoms. The molecule has 0 saturated heterocycles. The van der Waals surface area contributed by atoms with Crippen LogP contribution in [-0.4, -0.2) is 57.7 Å². The third-order valence-electron chi connectivity index (χ3n) is 3.68. The van der Waals surface area contributed by atoms with Gasteiger partial charge in [-0.1, -0.05) is 58.3 Å². The van der Waals surface area contributed by atoms with Gasteiger partial charge in [-0.3, -0.25) is 14.4 Å². The predicted octanol–water partition coefficient (Wildman–Crippen LogP) is 2.74. The maximum atomic E-state index is 11.3. The summed E-state index contributed by atoms with van der Waals surface area (Å²) in [5.41, 5.74) is 0. The van der Waals surface area contributed by atoms with Crippen molar-refractivity contribution in [3.8, 4) is 0 Å². The van der Waals surface area contributed by atoms with Crippen molar-refractivity contribution in [2.75, 3.05) is 13.2 Å². The molecule has 1 atom stereocenters. The molecule has 0 aliphatic carbocycles. The zero-order chi connectivity index (χ0) is 20.9. The molecular formula is C19H36O8. The molecule has 0 heterocycles. The number of esters is 1. The molecule has 0 aliphatic heterocycles. The topological polar surface area (TPSA) is 141 Å². The molecule has 0 rings (SSSR count). The fourth-order valence-electron chi connectivity index (χ4n) is 2.11. The lowest BCUT2D eigenvalue weighted by molar-refractivity contribution is -0.147. The van der Waals surface area contributed by atoms with E-state index in [0.29, 0.717) is 6.42 Å². The molecule has 0 saturated carbocycles. The minimum atomic E-state index is -1.08. The van der Waals surface area contributed by atoms with Gasteiger partial charge in [0.2, 0.25) is 0 Å². The molecule has 160 valence electrons. The molecule has 0 aromatic rings.